The van der Waals surface area contributed by atoms with Gasteiger partial charge in [0, 0.05) is 19.6 Å². The molecule has 2 aromatic heterocycles. The number of hydrogen-bond acceptors (Lipinski definition) is 11. The Morgan fingerprint density at radius 1 is 0.930 bits per heavy atom. The maximum absolute atomic E-state index is 14.9. The highest BCUT2D eigenvalue weighted by atomic mass is 31.2. The Balaban J connectivity index is 1.31. The van der Waals surface area contributed by atoms with E-state index in [-0.39, 0.29) is 38.2 Å². The minimum absolute atomic E-state index is 0.0851. The van der Waals surface area contributed by atoms with Crippen molar-refractivity contribution in [3.8, 4) is 5.88 Å². The molecule has 4 heterocycles. The van der Waals surface area contributed by atoms with Gasteiger partial charge in [0.05, 0.1) is 26.1 Å². The Hall–Kier alpha value is -2.80. The fourth-order valence-corrected chi connectivity index (χ4v) is 9.53. The predicted octanol–water partition coefficient (Wildman–Crippen LogP) is 3.34. The summed E-state index contributed by atoms with van der Waals surface area (Å²) in [4.78, 5) is 38.9. The summed E-state index contributed by atoms with van der Waals surface area (Å²) in [6, 6.07) is -1.31. The van der Waals surface area contributed by atoms with Gasteiger partial charge < -0.3 is 29.2 Å². The molecule has 1 saturated carbocycles. The number of rotatable bonds is 13. The highest BCUT2D eigenvalue weighted by Gasteiger charge is 2.51. The summed E-state index contributed by atoms with van der Waals surface area (Å²) in [5.41, 5.74) is 7.10. The van der Waals surface area contributed by atoms with Gasteiger partial charge in [-0.1, -0.05) is 6.42 Å². The average Bonchev–Trinajstić information content (AvgIpc) is 3.77. The smallest absolute Gasteiger partial charge is 0.323 e. The summed E-state index contributed by atoms with van der Waals surface area (Å²) in [6.07, 6.45) is 9.44. The number of hydrogen-bond donors (Lipinski definition) is 1. The van der Waals surface area contributed by atoms with Gasteiger partial charge in [0.1, 0.15) is 24.5 Å². The van der Waals surface area contributed by atoms with Crippen LogP contribution in [0.5, 0.6) is 5.88 Å². The summed E-state index contributed by atoms with van der Waals surface area (Å²) in [6.45, 7) is 5.41. The summed E-state index contributed by atoms with van der Waals surface area (Å²) >= 11 is 0. The van der Waals surface area contributed by atoms with Gasteiger partial charge in [0.15, 0.2) is 11.2 Å². The number of esters is 2. The molecule has 2 atom stereocenters. The first-order chi connectivity index (χ1) is 20.9. The Morgan fingerprint density at radius 2 is 1.56 bits per heavy atom. The molecule has 5 rings (SSSR count). The van der Waals surface area contributed by atoms with Gasteiger partial charge in [-0.05, 0) is 65.2 Å². The second-order valence-corrected chi connectivity index (χ2v) is 13.8. The Labute approximate surface area is 252 Å². The van der Waals surface area contributed by atoms with E-state index in [0.717, 1.165) is 25.7 Å². The molecule has 0 amide bonds. The van der Waals surface area contributed by atoms with Crippen molar-refractivity contribution in [3.05, 3.63) is 6.33 Å². The number of anilines is 1. The molecule has 0 bridgehead atoms. The molecular formula is C28H44N7O7P. The second-order valence-electron chi connectivity index (χ2n) is 11.2. The SMILES string of the molecule is CCOC(=O)[C@@H]1CCCN1P(=O)(COCCn1cnc2c(OC3CCCCC3)nc(N)nc21)N1CCC[C@H]1C(=O)OCC. The van der Waals surface area contributed by atoms with Crippen LogP contribution in [-0.2, 0) is 34.9 Å². The molecule has 238 valence electrons. The van der Waals surface area contributed by atoms with E-state index in [1.165, 1.54) is 6.42 Å². The van der Waals surface area contributed by atoms with E-state index in [9.17, 15) is 14.2 Å². The minimum Gasteiger partial charge on any atom is -0.473 e. The molecule has 2 N–H and O–H groups in total. The lowest BCUT2D eigenvalue weighted by Crippen LogP contribution is -2.45. The van der Waals surface area contributed by atoms with E-state index >= 15 is 0 Å². The third kappa shape index (κ3) is 6.97. The van der Waals surface area contributed by atoms with Crippen LogP contribution in [0.2, 0.25) is 0 Å². The van der Waals surface area contributed by atoms with Crippen LogP contribution >= 0.6 is 7.44 Å². The summed E-state index contributed by atoms with van der Waals surface area (Å²) in [5.74, 6) is -0.318. The van der Waals surface area contributed by atoms with Gasteiger partial charge in [-0.25, -0.2) is 14.3 Å². The lowest BCUT2D eigenvalue weighted by molar-refractivity contribution is -0.147. The van der Waals surface area contributed by atoms with Crippen LogP contribution in [0.4, 0.5) is 5.95 Å². The van der Waals surface area contributed by atoms with E-state index in [1.807, 2.05) is 0 Å². The number of carbonyl (C=O) groups excluding carboxylic acids is 2. The van der Waals surface area contributed by atoms with E-state index in [1.54, 1.807) is 34.1 Å². The van der Waals surface area contributed by atoms with Crippen LogP contribution in [-0.4, -0.2) is 98.2 Å². The first-order valence-electron chi connectivity index (χ1n) is 15.5. The molecule has 43 heavy (non-hydrogen) atoms. The largest absolute Gasteiger partial charge is 0.473 e. The molecule has 3 fully saturated rings. The Kier molecular flexibility index (Phi) is 10.5. The highest BCUT2D eigenvalue weighted by Crippen LogP contribution is 2.59. The van der Waals surface area contributed by atoms with Crippen molar-refractivity contribution in [2.45, 2.75) is 96.4 Å². The van der Waals surface area contributed by atoms with E-state index < -0.39 is 31.5 Å². The second kappa shape index (κ2) is 14.3. The summed E-state index contributed by atoms with van der Waals surface area (Å²) in [7, 11) is -3.52. The topological polar surface area (TPSA) is 164 Å². The number of carbonyl (C=O) groups is 2. The number of nitrogens with zero attached hydrogens (tertiary/aromatic N) is 6. The molecule has 2 aromatic rings. The highest BCUT2D eigenvalue weighted by molar-refractivity contribution is 7.59. The van der Waals surface area contributed by atoms with Crippen LogP contribution in [0, 0.1) is 0 Å². The van der Waals surface area contributed by atoms with Crippen molar-refractivity contribution in [1.82, 2.24) is 28.9 Å². The van der Waals surface area contributed by atoms with Gasteiger partial charge in [-0.15, -0.1) is 0 Å². The molecule has 14 nitrogen and oxygen atoms in total. The third-order valence-electron chi connectivity index (χ3n) is 8.38. The van der Waals surface area contributed by atoms with Crippen LogP contribution in [0.25, 0.3) is 11.2 Å². The van der Waals surface area contributed by atoms with Crippen LogP contribution in [0.15, 0.2) is 6.33 Å². The molecule has 0 radical (unpaired) electrons. The molecule has 0 aromatic carbocycles. The first kappa shape index (κ1) is 31.6. The first-order valence-corrected chi connectivity index (χ1v) is 17.3. The third-order valence-corrected chi connectivity index (χ3v) is 11.5. The van der Waals surface area contributed by atoms with Crippen molar-refractivity contribution >= 4 is 36.5 Å². The summed E-state index contributed by atoms with van der Waals surface area (Å²) < 4.78 is 43.1. The molecule has 0 spiro atoms. The number of nitrogens with two attached hydrogens (primary N) is 1. The fourth-order valence-electron chi connectivity index (χ4n) is 6.37. The lowest BCUT2D eigenvalue weighted by Gasteiger charge is -2.39. The number of nitrogen functional groups attached to an aromatic ring is 1. The molecule has 2 saturated heterocycles. The van der Waals surface area contributed by atoms with Crippen molar-refractivity contribution < 1.29 is 33.1 Å². The van der Waals surface area contributed by atoms with E-state index in [0.29, 0.717) is 62.4 Å². The number of ether oxygens (including phenoxy) is 4. The number of fused-ring (bicyclic) bond motifs is 1. The Morgan fingerprint density at radius 3 is 2.16 bits per heavy atom. The lowest BCUT2D eigenvalue weighted by atomic mass is 9.98. The van der Waals surface area contributed by atoms with Crippen LogP contribution < -0.4 is 10.5 Å². The van der Waals surface area contributed by atoms with Gasteiger partial charge in [0.25, 0.3) is 0 Å². The molecule has 0 unspecified atom stereocenters. The normalized spacial score (nSPS) is 22.3. The zero-order valence-corrected chi connectivity index (χ0v) is 26.1. The van der Waals surface area contributed by atoms with Gasteiger partial charge in [-0.3, -0.25) is 14.2 Å². The average molecular weight is 622 g/mol. The minimum atomic E-state index is -3.52. The fraction of sp³-hybridized carbons (Fsp3) is 0.750. The zero-order valence-electron chi connectivity index (χ0n) is 25.2. The van der Waals surface area contributed by atoms with E-state index in [4.69, 9.17) is 24.7 Å². The maximum atomic E-state index is 14.9. The summed E-state index contributed by atoms with van der Waals surface area (Å²) in [5, 5.41) is 0. The van der Waals surface area contributed by atoms with Crippen LogP contribution in [0.3, 0.4) is 0 Å². The monoisotopic (exact) mass is 621 g/mol. The van der Waals surface area contributed by atoms with Crippen LogP contribution in [0.1, 0.15) is 71.6 Å². The van der Waals surface area contributed by atoms with Crippen molar-refractivity contribution in [1.29, 1.82) is 0 Å². The predicted molar refractivity (Wildman–Crippen MR) is 158 cm³/mol. The van der Waals surface area contributed by atoms with Crippen molar-refractivity contribution in [2.75, 3.05) is 45.0 Å². The van der Waals surface area contributed by atoms with Gasteiger partial charge in [0.2, 0.25) is 19.3 Å². The van der Waals surface area contributed by atoms with Gasteiger partial charge in [-0.2, -0.15) is 9.97 Å². The number of imidazole rings is 1. The van der Waals surface area contributed by atoms with Crippen molar-refractivity contribution in [3.63, 3.8) is 0 Å². The quantitative estimate of drug-likeness (QED) is 0.197. The zero-order chi connectivity index (χ0) is 30.4. The molecular weight excluding hydrogens is 577 g/mol. The standard InChI is InChI=1S/C28H44N7O7P/c1-3-40-26(36)21-12-8-14-34(21)43(38,35-15-9-13-22(35)27(37)41-4-2)19-39-17-16-33-18-30-23-24(33)31-28(29)32-25(23)42-20-10-6-5-7-11-20/h18,20-22H,3-17,19H2,1-2H3,(H2,29,31,32)/t21-,22-/m0/s1. The molecule has 2 aliphatic heterocycles. The number of aromatic nitrogens is 4. The molecule has 15 heteroatoms. The van der Waals surface area contributed by atoms with E-state index in [2.05, 4.69) is 15.0 Å². The molecule has 1 aliphatic carbocycles. The van der Waals surface area contributed by atoms with Crippen molar-refractivity contribution in [2.24, 2.45) is 0 Å². The Bertz CT molecular complexity index is 1280. The van der Waals surface area contributed by atoms with Gasteiger partial charge >= 0.3 is 11.9 Å². The molecule has 3 aliphatic rings. The maximum Gasteiger partial charge on any atom is 0.323 e.